The van der Waals surface area contributed by atoms with Crippen LogP contribution >= 0.6 is 11.3 Å². The third-order valence-electron chi connectivity index (χ3n) is 14.3. The molecule has 2 aliphatic rings. The minimum absolute atomic E-state index is 0.00146. The summed E-state index contributed by atoms with van der Waals surface area (Å²) < 4.78 is 9.66. The fraction of sp³-hybridized carbons (Fsp3) is 0.323. The van der Waals surface area contributed by atoms with E-state index in [0.717, 1.165) is 22.9 Å². The van der Waals surface area contributed by atoms with E-state index in [2.05, 4.69) is 247 Å². The first-order valence-corrected chi connectivity index (χ1v) is 25.1. The topological polar surface area (TPSA) is 15.7 Å². The Bertz CT molecular complexity index is 3170. The number of benzene rings is 7. The molecule has 0 fully saturated rings. The Morgan fingerprint density at radius 1 is 0.448 bits per heavy atom. The molecule has 3 nitrogen and oxygen atoms in total. The number of thiophene rings is 1. The molecule has 0 atom stereocenters. The first-order valence-electron chi connectivity index (χ1n) is 24.3. The SMILES string of the molecule is CC(C)(C)c1ccc(N(c2ccc(C(C)(C)C)cc2)c2ccc(N3c4ccc(C(C)(C)C)cc4B4c5cc(C(C)(C)C)ccc5Oc5cc(C(C)(C)C)cc3c54)c3sc4ccccc4c23)cc1. The van der Waals surface area contributed by atoms with Crippen LogP contribution in [0.25, 0.3) is 20.2 Å². The van der Waals surface area contributed by atoms with Crippen molar-refractivity contribution >= 4 is 88.7 Å². The molecule has 340 valence electrons. The zero-order valence-corrected chi connectivity index (χ0v) is 43.3. The third-order valence-corrected chi connectivity index (χ3v) is 15.5. The molecule has 0 saturated carbocycles. The summed E-state index contributed by atoms with van der Waals surface area (Å²) in [5, 5.41) is 2.52. The van der Waals surface area contributed by atoms with Gasteiger partial charge < -0.3 is 14.5 Å². The van der Waals surface area contributed by atoms with Gasteiger partial charge in [-0.2, -0.15) is 0 Å². The van der Waals surface area contributed by atoms with Crippen LogP contribution in [0.4, 0.5) is 34.1 Å². The van der Waals surface area contributed by atoms with Gasteiger partial charge in [-0.15, -0.1) is 11.3 Å². The molecule has 0 unspecified atom stereocenters. The summed E-state index contributed by atoms with van der Waals surface area (Å²) in [7, 11) is 0. The predicted octanol–water partition coefficient (Wildman–Crippen LogP) is 16.4. The minimum Gasteiger partial charge on any atom is -0.458 e. The van der Waals surface area contributed by atoms with Crippen LogP contribution < -0.4 is 30.9 Å². The molecule has 0 saturated heterocycles. The first-order chi connectivity index (χ1) is 31.4. The highest BCUT2D eigenvalue weighted by molar-refractivity contribution is 7.26. The fourth-order valence-electron chi connectivity index (χ4n) is 10.2. The Hall–Kier alpha value is -5.78. The lowest BCUT2D eigenvalue weighted by Gasteiger charge is -2.42. The average molecular weight is 899 g/mol. The molecule has 0 N–H and O–H groups in total. The van der Waals surface area contributed by atoms with Crippen molar-refractivity contribution < 1.29 is 4.74 Å². The number of ether oxygens (including phenoxy) is 1. The van der Waals surface area contributed by atoms with Crippen LogP contribution in [0.2, 0.25) is 0 Å². The van der Waals surface area contributed by atoms with Gasteiger partial charge in [-0.25, -0.2) is 0 Å². The van der Waals surface area contributed by atoms with Crippen LogP contribution in [-0.4, -0.2) is 6.71 Å². The van der Waals surface area contributed by atoms with Gasteiger partial charge in [0.1, 0.15) is 11.5 Å². The van der Waals surface area contributed by atoms with Crippen molar-refractivity contribution in [3.63, 3.8) is 0 Å². The van der Waals surface area contributed by atoms with Crippen molar-refractivity contribution in [2.45, 2.75) is 131 Å². The molecule has 0 bridgehead atoms. The number of rotatable bonds is 4. The summed E-state index contributed by atoms with van der Waals surface area (Å²) in [6.07, 6.45) is 0. The summed E-state index contributed by atoms with van der Waals surface area (Å²) >= 11 is 1.90. The summed E-state index contributed by atoms with van der Waals surface area (Å²) in [5.41, 5.74) is 17.3. The molecular formula is C62H67BN2OS. The average Bonchev–Trinajstić information content (AvgIpc) is 3.65. The lowest BCUT2D eigenvalue weighted by atomic mass is 9.33. The number of hydrogen-bond acceptors (Lipinski definition) is 4. The Labute approximate surface area is 404 Å². The van der Waals surface area contributed by atoms with Gasteiger partial charge in [0, 0.05) is 38.2 Å². The van der Waals surface area contributed by atoms with Gasteiger partial charge in [-0.05, 0) is 138 Å². The maximum atomic E-state index is 7.14. The monoisotopic (exact) mass is 899 g/mol. The highest BCUT2D eigenvalue weighted by Crippen LogP contribution is 2.52. The number of anilines is 6. The Morgan fingerprint density at radius 3 is 1.52 bits per heavy atom. The molecule has 8 aromatic rings. The van der Waals surface area contributed by atoms with Crippen molar-refractivity contribution in [2.75, 3.05) is 9.80 Å². The Morgan fingerprint density at radius 2 is 0.955 bits per heavy atom. The van der Waals surface area contributed by atoms with Crippen LogP contribution in [0.1, 0.15) is 132 Å². The maximum absolute atomic E-state index is 7.14. The van der Waals surface area contributed by atoms with Gasteiger partial charge in [-0.1, -0.05) is 171 Å². The van der Waals surface area contributed by atoms with Crippen molar-refractivity contribution in [3.05, 3.63) is 161 Å². The van der Waals surface area contributed by atoms with Gasteiger partial charge >= 0.3 is 0 Å². The molecular weight excluding hydrogens is 832 g/mol. The second-order valence-corrected chi connectivity index (χ2v) is 25.4. The van der Waals surface area contributed by atoms with E-state index in [1.807, 2.05) is 11.3 Å². The molecule has 1 aromatic heterocycles. The second kappa shape index (κ2) is 15.4. The zero-order valence-electron chi connectivity index (χ0n) is 42.5. The van der Waals surface area contributed by atoms with Gasteiger partial charge in [-0.3, -0.25) is 0 Å². The van der Waals surface area contributed by atoms with Crippen molar-refractivity contribution in [1.29, 1.82) is 0 Å². The molecule has 67 heavy (non-hydrogen) atoms. The van der Waals surface area contributed by atoms with E-state index >= 15 is 0 Å². The van der Waals surface area contributed by atoms with Gasteiger partial charge in [0.05, 0.1) is 16.1 Å². The number of nitrogens with zero attached hydrogens (tertiary/aromatic N) is 2. The van der Waals surface area contributed by atoms with Crippen LogP contribution in [0, 0.1) is 0 Å². The predicted molar refractivity (Wildman–Crippen MR) is 293 cm³/mol. The van der Waals surface area contributed by atoms with Crippen LogP contribution in [-0.2, 0) is 27.1 Å². The molecule has 10 rings (SSSR count). The summed E-state index contributed by atoms with van der Waals surface area (Å²) in [6, 6.07) is 51.3. The van der Waals surface area contributed by atoms with Crippen molar-refractivity contribution in [2.24, 2.45) is 0 Å². The van der Waals surface area contributed by atoms with Crippen LogP contribution in [0.3, 0.4) is 0 Å². The van der Waals surface area contributed by atoms with E-state index in [1.165, 1.54) is 87.1 Å². The molecule has 0 amide bonds. The number of fused-ring (bicyclic) bond motifs is 7. The van der Waals surface area contributed by atoms with Crippen LogP contribution in [0.5, 0.6) is 11.5 Å². The fourth-order valence-corrected chi connectivity index (χ4v) is 11.4. The quantitative estimate of drug-likeness (QED) is 0.164. The van der Waals surface area contributed by atoms with E-state index in [-0.39, 0.29) is 33.8 Å². The van der Waals surface area contributed by atoms with Gasteiger partial charge in [0.15, 0.2) is 0 Å². The lowest BCUT2D eigenvalue weighted by Crippen LogP contribution is -2.60. The Kier molecular flexibility index (Phi) is 10.3. The van der Waals surface area contributed by atoms with Crippen molar-refractivity contribution in [1.82, 2.24) is 0 Å². The first kappa shape index (κ1) is 45.0. The zero-order chi connectivity index (χ0) is 47.7. The molecule has 3 heterocycles. The molecule has 2 aliphatic heterocycles. The largest absolute Gasteiger partial charge is 0.458 e. The molecule has 0 aliphatic carbocycles. The standard InChI is InChI=1S/C62H67BN2OS/c1-58(2,3)38-20-26-43(27-21-38)64(44-28-22-39(23-29-44)59(4,5)6)49-31-32-50(57-55(49)45-18-16-17-19-54(45)67-57)65-48-30-24-40(60(7,8)9)34-46(48)63-47-35-41(61(10,11)12)25-33-52(47)66-53-37-42(62(13,14)15)36-51(65)56(53)63/h16-37H,1-15H3. The van der Waals surface area contributed by atoms with E-state index in [9.17, 15) is 0 Å². The third kappa shape index (κ3) is 7.76. The van der Waals surface area contributed by atoms with Crippen LogP contribution in [0.15, 0.2) is 133 Å². The summed E-state index contributed by atoms with van der Waals surface area (Å²) in [6.45, 7) is 34.6. The second-order valence-electron chi connectivity index (χ2n) is 24.4. The Balaban J connectivity index is 1.28. The van der Waals surface area contributed by atoms with E-state index in [4.69, 9.17) is 4.74 Å². The smallest absolute Gasteiger partial charge is 0.256 e. The van der Waals surface area contributed by atoms with E-state index < -0.39 is 0 Å². The van der Waals surface area contributed by atoms with Gasteiger partial charge in [0.2, 0.25) is 0 Å². The maximum Gasteiger partial charge on any atom is 0.256 e. The highest BCUT2D eigenvalue weighted by Gasteiger charge is 2.44. The minimum atomic E-state index is -0.120. The van der Waals surface area contributed by atoms with Gasteiger partial charge in [0.25, 0.3) is 6.71 Å². The lowest BCUT2D eigenvalue weighted by molar-refractivity contribution is 0.482. The molecule has 0 radical (unpaired) electrons. The van der Waals surface area contributed by atoms with E-state index in [0.29, 0.717) is 0 Å². The molecule has 0 spiro atoms. The highest BCUT2D eigenvalue weighted by atomic mass is 32.1. The van der Waals surface area contributed by atoms with E-state index in [1.54, 1.807) is 0 Å². The normalized spacial score (nSPS) is 14.0. The molecule has 5 heteroatoms. The summed E-state index contributed by atoms with van der Waals surface area (Å²) in [4.78, 5) is 5.08. The number of hydrogen-bond donors (Lipinski definition) is 0. The molecule has 7 aromatic carbocycles. The van der Waals surface area contributed by atoms with Crippen molar-refractivity contribution in [3.8, 4) is 11.5 Å². The summed E-state index contributed by atoms with van der Waals surface area (Å²) in [5.74, 6) is 1.90.